The van der Waals surface area contributed by atoms with Gasteiger partial charge in [0, 0.05) is 6.99 Å². The standard InChI is InChI=1S/C13H17F2NOS.H2/c1-5-11(16-18(17)13(2,3)4)12-9(14)7-6-8-10(12)15;/h5-8,11,16H,1H2,2-4H3;1H/t11-,18+;/m1./s1. The van der Waals surface area contributed by atoms with Crippen LogP contribution in [0.1, 0.15) is 33.8 Å². The molecule has 102 valence electrons. The van der Waals surface area contributed by atoms with Gasteiger partial charge in [-0.3, -0.25) is 0 Å². The minimum Gasteiger partial charge on any atom is -0.242 e. The fourth-order valence-corrected chi connectivity index (χ4v) is 2.12. The van der Waals surface area contributed by atoms with Gasteiger partial charge in [0.1, 0.15) is 11.6 Å². The van der Waals surface area contributed by atoms with E-state index in [1.54, 1.807) is 20.8 Å². The van der Waals surface area contributed by atoms with Gasteiger partial charge in [-0.2, -0.15) is 0 Å². The highest BCUT2D eigenvalue weighted by Gasteiger charge is 2.25. The molecule has 0 aliphatic heterocycles. The molecule has 0 spiro atoms. The molecule has 0 amide bonds. The minimum atomic E-state index is -1.44. The molecule has 0 heterocycles. The molecular formula is C13H19F2NOS. The number of benzene rings is 1. The van der Waals surface area contributed by atoms with Gasteiger partial charge in [0.25, 0.3) is 0 Å². The molecule has 0 bridgehead atoms. The molecule has 2 nitrogen and oxygen atoms in total. The van der Waals surface area contributed by atoms with Crippen molar-refractivity contribution in [1.29, 1.82) is 0 Å². The first-order chi connectivity index (χ1) is 8.27. The van der Waals surface area contributed by atoms with Crippen molar-refractivity contribution in [3.63, 3.8) is 0 Å². The van der Waals surface area contributed by atoms with Crippen LogP contribution in [0.5, 0.6) is 0 Å². The normalized spacial score (nSPS) is 15.2. The Morgan fingerprint density at radius 2 is 1.89 bits per heavy atom. The molecule has 0 fully saturated rings. The number of halogens is 2. The van der Waals surface area contributed by atoms with E-state index in [1.165, 1.54) is 12.1 Å². The summed E-state index contributed by atoms with van der Waals surface area (Å²) in [5, 5.41) is 0. The Balaban J connectivity index is 0.00000324. The second-order valence-corrected chi connectivity index (χ2v) is 6.85. The average molecular weight is 275 g/mol. The van der Waals surface area contributed by atoms with Crippen molar-refractivity contribution < 1.29 is 14.4 Å². The molecule has 0 unspecified atom stereocenters. The van der Waals surface area contributed by atoms with Crippen molar-refractivity contribution in [1.82, 2.24) is 4.72 Å². The van der Waals surface area contributed by atoms with Crippen molar-refractivity contribution in [2.75, 3.05) is 0 Å². The van der Waals surface area contributed by atoms with Gasteiger partial charge >= 0.3 is 0 Å². The molecule has 2 atom stereocenters. The van der Waals surface area contributed by atoms with Crippen LogP contribution in [0.4, 0.5) is 8.78 Å². The van der Waals surface area contributed by atoms with E-state index >= 15 is 0 Å². The number of nitrogens with one attached hydrogen (secondary N) is 1. The van der Waals surface area contributed by atoms with Gasteiger partial charge in [0.15, 0.2) is 0 Å². The summed E-state index contributed by atoms with van der Waals surface area (Å²) < 4.78 is 41.3. The van der Waals surface area contributed by atoms with Crippen LogP contribution in [0.2, 0.25) is 0 Å². The molecule has 0 aliphatic carbocycles. The van der Waals surface area contributed by atoms with Crippen molar-refractivity contribution in [3.8, 4) is 0 Å². The second-order valence-electron chi connectivity index (χ2n) is 4.85. The Hall–Kier alpha value is -1.07. The van der Waals surface area contributed by atoms with E-state index in [0.717, 1.165) is 12.1 Å². The molecule has 18 heavy (non-hydrogen) atoms. The topological polar surface area (TPSA) is 29.1 Å². The lowest BCUT2D eigenvalue weighted by atomic mass is 10.1. The molecule has 5 heteroatoms. The number of rotatable bonds is 4. The van der Waals surface area contributed by atoms with Crippen molar-refractivity contribution >= 4 is 11.0 Å². The SMILES string of the molecule is C=C[C@@H](N[S@@](=O)C(C)(C)C)c1c(F)cccc1F.[HH]. The van der Waals surface area contributed by atoms with Crippen LogP contribution in [0.25, 0.3) is 0 Å². The van der Waals surface area contributed by atoms with Crippen molar-refractivity contribution in [2.24, 2.45) is 0 Å². The lowest BCUT2D eigenvalue weighted by Crippen LogP contribution is -2.35. The highest BCUT2D eigenvalue weighted by Crippen LogP contribution is 2.23. The predicted molar refractivity (Wildman–Crippen MR) is 72.4 cm³/mol. The van der Waals surface area contributed by atoms with E-state index in [-0.39, 0.29) is 6.99 Å². The van der Waals surface area contributed by atoms with E-state index in [0.29, 0.717) is 0 Å². The van der Waals surface area contributed by atoms with E-state index in [1.807, 2.05) is 0 Å². The van der Waals surface area contributed by atoms with E-state index in [9.17, 15) is 13.0 Å². The Labute approximate surface area is 110 Å². The summed E-state index contributed by atoms with van der Waals surface area (Å²) in [4.78, 5) is 0. The summed E-state index contributed by atoms with van der Waals surface area (Å²) in [5.41, 5.74) is -0.162. The van der Waals surface area contributed by atoms with Gasteiger partial charge in [-0.15, -0.1) is 6.58 Å². The molecule has 1 rings (SSSR count). The van der Waals surface area contributed by atoms with Gasteiger partial charge in [0.2, 0.25) is 0 Å². The summed E-state index contributed by atoms with van der Waals surface area (Å²) in [6.07, 6.45) is 1.34. The van der Waals surface area contributed by atoms with Crippen molar-refractivity contribution in [3.05, 3.63) is 48.1 Å². The molecule has 0 aliphatic rings. The minimum absolute atomic E-state index is 0. The lowest BCUT2D eigenvalue weighted by Gasteiger charge is -2.23. The number of hydrogen-bond donors (Lipinski definition) is 1. The molecule has 1 aromatic carbocycles. The van der Waals surface area contributed by atoms with E-state index in [4.69, 9.17) is 0 Å². The third-order valence-corrected chi connectivity index (χ3v) is 3.92. The maximum atomic E-state index is 13.6. The first-order valence-electron chi connectivity index (χ1n) is 5.52. The van der Waals surface area contributed by atoms with Crippen LogP contribution in [0, 0.1) is 11.6 Å². The first-order valence-corrected chi connectivity index (χ1v) is 6.67. The zero-order valence-corrected chi connectivity index (χ0v) is 11.5. The maximum Gasteiger partial charge on any atom is 0.131 e. The molecular weight excluding hydrogens is 256 g/mol. The van der Waals surface area contributed by atoms with E-state index < -0.39 is 33.4 Å². The average Bonchev–Trinajstić information content (AvgIpc) is 2.25. The lowest BCUT2D eigenvalue weighted by molar-refractivity contribution is 0.535. The monoisotopic (exact) mass is 275 g/mol. The summed E-state index contributed by atoms with van der Waals surface area (Å²) in [5.74, 6) is -1.36. The fraction of sp³-hybridized carbons (Fsp3) is 0.385. The fourth-order valence-electron chi connectivity index (χ4n) is 1.32. The second kappa shape index (κ2) is 5.71. The van der Waals surface area contributed by atoms with Crippen LogP contribution in [-0.4, -0.2) is 8.96 Å². The van der Waals surface area contributed by atoms with Crippen molar-refractivity contribution in [2.45, 2.75) is 31.6 Å². The summed E-state index contributed by atoms with van der Waals surface area (Å²) in [6.45, 7) is 8.84. The molecule has 1 aromatic rings. The molecule has 0 saturated carbocycles. The van der Waals surface area contributed by atoms with Gasteiger partial charge < -0.3 is 0 Å². The quantitative estimate of drug-likeness (QED) is 0.837. The van der Waals surface area contributed by atoms with Gasteiger partial charge in [-0.05, 0) is 32.9 Å². The Morgan fingerprint density at radius 1 is 1.39 bits per heavy atom. The molecule has 1 N–H and O–H groups in total. The highest BCUT2D eigenvalue weighted by molar-refractivity contribution is 7.84. The van der Waals surface area contributed by atoms with Gasteiger partial charge in [0.05, 0.1) is 21.8 Å². The van der Waals surface area contributed by atoms with Crippen LogP contribution in [0.3, 0.4) is 0 Å². The van der Waals surface area contributed by atoms with Crippen LogP contribution in [-0.2, 0) is 11.0 Å². The summed E-state index contributed by atoms with van der Waals surface area (Å²) >= 11 is 0. The zero-order valence-electron chi connectivity index (χ0n) is 10.7. The van der Waals surface area contributed by atoms with Gasteiger partial charge in [-0.1, -0.05) is 12.1 Å². The molecule has 0 saturated heterocycles. The number of hydrogen-bond acceptors (Lipinski definition) is 1. The third kappa shape index (κ3) is 3.46. The third-order valence-electron chi connectivity index (χ3n) is 2.34. The zero-order chi connectivity index (χ0) is 13.9. The largest absolute Gasteiger partial charge is 0.242 e. The molecule has 0 aromatic heterocycles. The maximum absolute atomic E-state index is 13.6. The Morgan fingerprint density at radius 3 is 2.28 bits per heavy atom. The highest BCUT2D eigenvalue weighted by atomic mass is 32.2. The predicted octanol–water partition coefficient (Wildman–Crippen LogP) is 3.49. The Kier molecular flexibility index (Phi) is 4.76. The first kappa shape index (κ1) is 15.0. The Bertz CT molecular complexity index is 454. The summed E-state index contributed by atoms with van der Waals surface area (Å²) in [7, 11) is -1.44. The molecule has 0 radical (unpaired) electrons. The summed E-state index contributed by atoms with van der Waals surface area (Å²) in [6, 6.07) is 2.79. The van der Waals surface area contributed by atoms with E-state index in [2.05, 4.69) is 11.3 Å². The van der Waals surface area contributed by atoms with Crippen LogP contribution < -0.4 is 4.72 Å². The van der Waals surface area contributed by atoms with Crippen LogP contribution >= 0.6 is 0 Å². The smallest absolute Gasteiger partial charge is 0.131 e. The van der Waals surface area contributed by atoms with Gasteiger partial charge in [-0.25, -0.2) is 17.7 Å². The van der Waals surface area contributed by atoms with Crippen LogP contribution in [0.15, 0.2) is 30.9 Å².